The highest BCUT2D eigenvalue weighted by Crippen LogP contribution is 2.20. The first kappa shape index (κ1) is 19.5. The maximum atomic E-state index is 5.16. The maximum Gasteiger partial charge on any atom is 0.213 e. The molecule has 3 rings (SSSR count). The number of nitrogens with zero attached hydrogens (tertiary/aromatic N) is 2. The van der Waals surface area contributed by atoms with Crippen LogP contribution >= 0.6 is 24.0 Å². The molecule has 1 aliphatic rings. The smallest absolute Gasteiger partial charge is 0.213 e. The van der Waals surface area contributed by atoms with Crippen molar-refractivity contribution in [3.8, 4) is 5.88 Å². The molecule has 0 saturated carbocycles. The Hall–Kier alpha value is -1.83. The first-order chi connectivity index (χ1) is 11.8. The Kier molecular flexibility index (Phi) is 7.49. The van der Waals surface area contributed by atoms with E-state index in [1.54, 1.807) is 14.2 Å². The number of fused-ring (bicyclic) bond motifs is 1. The second-order valence-electron chi connectivity index (χ2n) is 5.95. The van der Waals surface area contributed by atoms with Crippen LogP contribution < -0.4 is 15.4 Å². The van der Waals surface area contributed by atoms with Crippen LogP contribution in [0.3, 0.4) is 0 Å². The van der Waals surface area contributed by atoms with Gasteiger partial charge in [-0.15, -0.1) is 24.0 Å². The van der Waals surface area contributed by atoms with Gasteiger partial charge < -0.3 is 15.4 Å². The number of benzene rings is 1. The van der Waals surface area contributed by atoms with Crippen molar-refractivity contribution >= 4 is 29.9 Å². The molecule has 134 valence electrons. The predicted molar refractivity (Wildman–Crippen MR) is 112 cm³/mol. The summed E-state index contributed by atoms with van der Waals surface area (Å²) in [6, 6.07) is 14.8. The van der Waals surface area contributed by atoms with E-state index in [-0.39, 0.29) is 24.0 Å². The van der Waals surface area contributed by atoms with Crippen LogP contribution in [0, 0.1) is 0 Å². The minimum atomic E-state index is 0. The molecule has 1 atom stereocenters. The van der Waals surface area contributed by atoms with Gasteiger partial charge >= 0.3 is 0 Å². The lowest BCUT2D eigenvalue weighted by molar-refractivity contribution is 0.396. The van der Waals surface area contributed by atoms with Gasteiger partial charge in [0.05, 0.1) is 19.3 Å². The van der Waals surface area contributed by atoms with E-state index in [1.165, 1.54) is 11.1 Å². The lowest BCUT2D eigenvalue weighted by Gasteiger charge is -2.27. The predicted octanol–water partition coefficient (Wildman–Crippen LogP) is 2.93. The van der Waals surface area contributed by atoms with Gasteiger partial charge in [0.1, 0.15) is 0 Å². The molecule has 6 heteroatoms. The molecular weight excluding hydrogens is 427 g/mol. The monoisotopic (exact) mass is 452 g/mol. The summed E-state index contributed by atoms with van der Waals surface area (Å²) in [5.74, 6) is 1.44. The summed E-state index contributed by atoms with van der Waals surface area (Å²) in [5.41, 5.74) is 3.83. The Balaban J connectivity index is 0.00000225. The van der Waals surface area contributed by atoms with Crippen LogP contribution in [0.5, 0.6) is 5.88 Å². The zero-order valence-corrected chi connectivity index (χ0v) is 17.0. The topological polar surface area (TPSA) is 58.5 Å². The minimum absolute atomic E-state index is 0. The molecule has 25 heavy (non-hydrogen) atoms. The number of hydrogen-bond acceptors (Lipinski definition) is 3. The summed E-state index contributed by atoms with van der Waals surface area (Å²) in [6.45, 7) is 0.611. The Morgan fingerprint density at radius 1 is 1.20 bits per heavy atom. The average molecular weight is 452 g/mol. The van der Waals surface area contributed by atoms with E-state index < -0.39 is 0 Å². The van der Waals surface area contributed by atoms with Gasteiger partial charge in [0, 0.05) is 19.2 Å². The van der Waals surface area contributed by atoms with Gasteiger partial charge in [0.15, 0.2) is 5.96 Å². The summed E-state index contributed by atoms with van der Waals surface area (Å²) >= 11 is 0. The summed E-state index contributed by atoms with van der Waals surface area (Å²) < 4.78 is 5.16. The van der Waals surface area contributed by atoms with Crippen molar-refractivity contribution in [1.29, 1.82) is 0 Å². The Labute approximate surface area is 166 Å². The SMILES string of the molecule is CN=C(NCc1cccc(OC)n1)NC1CCc2ccccc2C1.I. The van der Waals surface area contributed by atoms with Crippen molar-refractivity contribution in [2.45, 2.75) is 31.8 Å². The minimum Gasteiger partial charge on any atom is -0.481 e. The van der Waals surface area contributed by atoms with Gasteiger partial charge in [0.25, 0.3) is 0 Å². The standard InChI is InChI=1S/C19H24N4O.HI/c1-20-19(21-13-17-8-5-9-18(22-17)24-2)23-16-11-10-14-6-3-4-7-15(14)12-16;/h3-9,16H,10-13H2,1-2H3,(H2,20,21,23);1H. The fraction of sp³-hybridized carbons (Fsp3) is 0.368. The number of aromatic nitrogens is 1. The fourth-order valence-electron chi connectivity index (χ4n) is 3.05. The van der Waals surface area contributed by atoms with Crippen LogP contribution in [0.2, 0.25) is 0 Å². The van der Waals surface area contributed by atoms with E-state index in [1.807, 2.05) is 18.2 Å². The van der Waals surface area contributed by atoms with Gasteiger partial charge in [0.2, 0.25) is 5.88 Å². The molecule has 1 aromatic carbocycles. The van der Waals surface area contributed by atoms with E-state index >= 15 is 0 Å². The Morgan fingerprint density at radius 2 is 2.00 bits per heavy atom. The molecule has 0 bridgehead atoms. The first-order valence-electron chi connectivity index (χ1n) is 8.32. The molecule has 2 aromatic rings. The number of nitrogens with one attached hydrogen (secondary N) is 2. The van der Waals surface area contributed by atoms with Crippen LogP contribution in [-0.2, 0) is 19.4 Å². The van der Waals surface area contributed by atoms with E-state index in [0.717, 1.165) is 30.9 Å². The maximum absolute atomic E-state index is 5.16. The van der Waals surface area contributed by atoms with Crippen molar-refractivity contribution in [3.05, 3.63) is 59.3 Å². The highest BCUT2D eigenvalue weighted by atomic mass is 127. The van der Waals surface area contributed by atoms with Gasteiger partial charge in [-0.1, -0.05) is 30.3 Å². The molecule has 0 spiro atoms. The fourth-order valence-corrected chi connectivity index (χ4v) is 3.05. The molecule has 0 radical (unpaired) electrons. The number of guanidine groups is 1. The molecule has 0 saturated heterocycles. The quantitative estimate of drug-likeness (QED) is 0.426. The molecule has 1 heterocycles. The number of methoxy groups -OCH3 is 1. The molecule has 0 fully saturated rings. The number of pyridine rings is 1. The summed E-state index contributed by atoms with van der Waals surface area (Å²) in [4.78, 5) is 8.74. The molecule has 1 unspecified atom stereocenters. The van der Waals surface area contributed by atoms with Gasteiger partial charge in [-0.25, -0.2) is 4.98 Å². The number of halogens is 1. The van der Waals surface area contributed by atoms with E-state index in [0.29, 0.717) is 18.5 Å². The lowest BCUT2D eigenvalue weighted by Crippen LogP contribution is -2.45. The molecule has 0 aliphatic heterocycles. The van der Waals surface area contributed by atoms with Gasteiger partial charge in [-0.05, 0) is 36.5 Å². The second-order valence-corrected chi connectivity index (χ2v) is 5.95. The van der Waals surface area contributed by atoms with Crippen LogP contribution in [0.4, 0.5) is 0 Å². The second kappa shape index (κ2) is 9.60. The Bertz CT molecular complexity index is 720. The number of rotatable bonds is 4. The third-order valence-corrected chi connectivity index (χ3v) is 4.34. The third-order valence-electron chi connectivity index (χ3n) is 4.34. The number of ether oxygens (including phenoxy) is 1. The van der Waals surface area contributed by atoms with E-state index in [4.69, 9.17) is 4.74 Å². The van der Waals surface area contributed by atoms with Crippen molar-refractivity contribution in [3.63, 3.8) is 0 Å². The van der Waals surface area contributed by atoms with Crippen molar-refractivity contribution in [1.82, 2.24) is 15.6 Å². The van der Waals surface area contributed by atoms with Crippen molar-refractivity contribution < 1.29 is 4.74 Å². The zero-order valence-electron chi connectivity index (χ0n) is 14.7. The highest BCUT2D eigenvalue weighted by Gasteiger charge is 2.18. The van der Waals surface area contributed by atoms with Crippen LogP contribution in [0.15, 0.2) is 47.5 Å². The normalized spacial score (nSPS) is 16.4. The van der Waals surface area contributed by atoms with E-state index in [9.17, 15) is 0 Å². The van der Waals surface area contributed by atoms with E-state index in [2.05, 4.69) is 44.9 Å². The van der Waals surface area contributed by atoms with Crippen LogP contribution in [0.25, 0.3) is 0 Å². The Morgan fingerprint density at radius 3 is 2.76 bits per heavy atom. The highest BCUT2D eigenvalue weighted by molar-refractivity contribution is 14.0. The first-order valence-corrected chi connectivity index (χ1v) is 8.32. The molecule has 0 amide bonds. The van der Waals surface area contributed by atoms with Gasteiger partial charge in [-0.3, -0.25) is 4.99 Å². The lowest BCUT2D eigenvalue weighted by atomic mass is 9.88. The van der Waals surface area contributed by atoms with Gasteiger partial charge in [-0.2, -0.15) is 0 Å². The average Bonchev–Trinajstić information content (AvgIpc) is 2.65. The molecule has 2 N–H and O–H groups in total. The van der Waals surface area contributed by atoms with Crippen LogP contribution in [-0.4, -0.2) is 31.1 Å². The zero-order chi connectivity index (χ0) is 16.8. The molecule has 1 aliphatic carbocycles. The molecule has 5 nitrogen and oxygen atoms in total. The summed E-state index contributed by atoms with van der Waals surface area (Å²) in [5, 5.41) is 6.85. The number of aliphatic imine (C=N–C) groups is 1. The summed E-state index contributed by atoms with van der Waals surface area (Å²) in [7, 11) is 3.42. The van der Waals surface area contributed by atoms with Crippen LogP contribution in [0.1, 0.15) is 23.2 Å². The molecule has 1 aromatic heterocycles. The molecular formula is C19H25IN4O. The third kappa shape index (κ3) is 5.32. The van der Waals surface area contributed by atoms with Crippen molar-refractivity contribution in [2.75, 3.05) is 14.2 Å². The summed E-state index contributed by atoms with van der Waals surface area (Å²) in [6.07, 6.45) is 3.27. The number of hydrogen-bond donors (Lipinski definition) is 2. The van der Waals surface area contributed by atoms with Crippen molar-refractivity contribution in [2.24, 2.45) is 4.99 Å². The number of aryl methyl sites for hydroxylation is 1. The largest absolute Gasteiger partial charge is 0.481 e.